The summed E-state index contributed by atoms with van der Waals surface area (Å²) in [5, 5.41) is 0. The first-order valence-corrected chi connectivity index (χ1v) is 6.44. The van der Waals surface area contributed by atoms with Crippen molar-refractivity contribution in [1.82, 2.24) is 4.90 Å². The van der Waals surface area contributed by atoms with E-state index < -0.39 is 0 Å². The summed E-state index contributed by atoms with van der Waals surface area (Å²) in [6.45, 7) is 3.80. The summed E-state index contributed by atoms with van der Waals surface area (Å²) in [5.74, 6) is -0.411. The lowest BCUT2D eigenvalue weighted by Crippen LogP contribution is -2.41. The quantitative estimate of drug-likeness (QED) is 0.738. The fourth-order valence-electron chi connectivity index (χ4n) is 1.80. The zero-order valence-electron chi connectivity index (χ0n) is 11.8. The van der Waals surface area contributed by atoms with Gasteiger partial charge in [0.15, 0.2) is 0 Å². The van der Waals surface area contributed by atoms with Crippen molar-refractivity contribution in [3.8, 4) is 0 Å². The summed E-state index contributed by atoms with van der Waals surface area (Å²) in [4.78, 5) is 25.0. The Bertz CT molecular complexity index is 415. The maximum absolute atomic E-state index is 12.1. The van der Waals surface area contributed by atoms with Crippen molar-refractivity contribution >= 4 is 11.9 Å². The molecule has 1 rings (SSSR count). The Morgan fingerprint density at radius 1 is 1.21 bits per heavy atom. The lowest BCUT2D eigenvalue weighted by Gasteiger charge is -2.25. The molecule has 0 saturated carbocycles. The SMILES string of the molecule is COC(=O)CN(C(=O)CCc1ccccc1)C(C)C. The third kappa shape index (κ3) is 5.12. The van der Waals surface area contributed by atoms with E-state index in [2.05, 4.69) is 4.74 Å². The van der Waals surface area contributed by atoms with E-state index in [0.717, 1.165) is 5.56 Å². The van der Waals surface area contributed by atoms with Crippen LogP contribution in [-0.4, -0.2) is 36.5 Å². The molecule has 0 heterocycles. The number of methoxy groups -OCH3 is 1. The Labute approximate surface area is 114 Å². The van der Waals surface area contributed by atoms with Crippen LogP contribution >= 0.6 is 0 Å². The molecule has 0 bridgehead atoms. The van der Waals surface area contributed by atoms with E-state index in [1.54, 1.807) is 4.90 Å². The van der Waals surface area contributed by atoms with Gasteiger partial charge in [0.25, 0.3) is 0 Å². The topological polar surface area (TPSA) is 46.6 Å². The standard InChI is InChI=1S/C15H21NO3/c1-12(2)16(11-15(18)19-3)14(17)10-9-13-7-5-4-6-8-13/h4-8,12H,9-11H2,1-3H3. The summed E-state index contributed by atoms with van der Waals surface area (Å²) in [6.07, 6.45) is 1.09. The van der Waals surface area contributed by atoms with Gasteiger partial charge < -0.3 is 9.64 Å². The van der Waals surface area contributed by atoms with Crippen molar-refractivity contribution in [2.24, 2.45) is 0 Å². The summed E-state index contributed by atoms with van der Waals surface area (Å²) < 4.78 is 4.61. The van der Waals surface area contributed by atoms with E-state index in [9.17, 15) is 9.59 Å². The molecule has 0 N–H and O–H groups in total. The highest BCUT2D eigenvalue weighted by atomic mass is 16.5. The average molecular weight is 263 g/mol. The van der Waals surface area contributed by atoms with Crippen molar-refractivity contribution < 1.29 is 14.3 Å². The number of carbonyl (C=O) groups is 2. The van der Waals surface area contributed by atoms with E-state index in [4.69, 9.17) is 0 Å². The van der Waals surface area contributed by atoms with Gasteiger partial charge >= 0.3 is 5.97 Å². The van der Waals surface area contributed by atoms with Crippen molar-refractivity contribution in [2.75, 3.05) is 13.7 Å². The Morgan fingerprint density at radius 2 is 1.84 bits per heavy atom. The summed E-state index contributed by atoms with van der Waals surface area (Å²) in [5.41, 5.74) is 1.12. The van der Waals surface area contributed by atoms with Crippen LogP contribution in [0, 0.1) is 0 Å². The number of hydrogen-bond donors (Lipinski definition) is 0. The smallest absolute Gasteiger partial charge is 0.325 e. The number of nitrogens with zero attached hydrogens (tertiary/aromatic N) is 1. The van der Waals surface area contributed by atoms with Gasteiger partial charge in [-0.05, 0) is 25.8 Å². The zero-order chi connectivity index (χ0) is 14.3. The van der Waals surface area contributed by atoms with Crippen LogP contribution in [-0.2, 0) is 20.7 Å². The van der Waals surface area contributed by atoms with E-state index in [1.165, 1.54) is 7.11 Å². The third-order valence-electron chi connectivity index (χ3n) is 2.94. The Balaban J connectivity index is 2.55. The van der Waals surface area contributed by atoms with E-state index in [-0.39, 0.29) is 24.5 Å². The Hall–Kier alpha value is -1.84. The molecule has 1 amide bonds. The molecular weight excluding hydrogens is 242 g/mol. The van der Waals surface area contributed by atoms with E-state index >= 15 is 0 Å². The predicted molar refractivity (Wildman–Crippen MR) is 73.6 cm³/mol. The summed E-state index contributed by atoms with van der Waals surface area (Å²) in [7, 11) is 1.33. The van der Waals surface area contributed by atoms with Crippen LogP contribution in [0.25, 0.3) is 0 Å². The number of esters is 1. The van der Waals surface area contributed by atoms with Crippen molar-refractivity contribution in [3.63, 3.8) is 0 Å². The number of hydrogen-bond acceptors (Lipinski definition) is 3. The van der Waals surface area contributed by atoms with Crippen LogP contribution in [0.5, 0.6) is 0 Å². The van der Waals surface area contributed by atoms with Gasteiger partial charge in [0.2, 0.25) is 5.91 Å². The number of ether oxygens (including phenoxy) is 1. The molecule has 104 valence electrons. The molecule has 4 nitrogen and oxygen atoms in total. The molecule has 0 atom stereocenters. The Morgan fingerprint density at radius 3 is 2.37 bits per heavy atom. The van der Waals surface area contributed by atoms with Crippen molar-refractivity contribution in [1.29, 1.82) is 0 Å². The highest BCUT2D eigenvalue weighted by Crippen LogP contribution is 2.07. The van der Waals surface area contributed by atoms with E-state index in [1.807, 2.05) is 44.2 Å². The molecule has 0 aliphatic heterocycles. The van der Waals surface area contributed by atoms with E-state index in [0.29, 0.717) is 12.8 Å². The largest absolute Gasteiger partial charge is 0.468 e. The van der Waals surface area contributed by atoms with Crippen LogP contribution < -0.4 is 0 Å². The second-order valence-electron chi connectivity index (χ2n) is 4.68. The van der Waals surface area contributed by atoms with Gasteiger partial charge in [-0.3, -0.25) is 9.59 Å². The molecule has 0 aliphatic carbocycles. The molecule has 0 radical (unpaired) electrons. The second-order valence-corrected chi connectivity index (χ2v) is 4.68. The van der Waals surface area contributed by atoms with Crippen LogP contribution in [0.4, 0.5) is 0 Å². The monoisotopic (exact) mass is 263 g/mol. The van der Waals surface area contributed by atoms with Gasteiger partial charge in [-0.25, -0.2) is 0 Å². The van der Waals surface area contributed by atoms with Gasteiger partial charge in [-0.1, -0.05) is 30.3 Å². The molecule has 0 aliphatic rings. The summed E-state index contributed by atoms with van der Waals surface area (Å²) >= 11 is 0. The maximum Gasteiger partial charge on any atom is 0.325 e. The number of carbonyl (C=O) groups excluding carboxylic acids is 2. The van der Waals surface area contributed by atoms with Crippen LogP contribution in [0.1, 0.15) is 25.8 Å². The first kappa shape index (κ1) is 15.2. The molecule has 0 unspecified atom stereocenters. The number of benzene rings is 1. The van der Waals surface area contributed by atoms with Gasteiger partial charge in [-0.15, -0.1) is 0 Å². The third-order valence-corrected chi connectivity index (χ3v) is 2.94. The fourth-order valence-corrected chi connectivity index (χ4v) is 1.80. The molecule has 0 fully saturated rings. The molecular formula is C15H21NO3. The highest BCUT2D eigenvalue weighted by molar-refractivity contribution is 5.82. The highest BCUT2D eigenvalue weighted by Gasteiger charge is 2.19. The number of aryl methyl sites for hydroxylation is 1. The first-order valence-electron chi connectivity index (χ1n) is 6.44. The first-order chi connectivity index (χ1) is 9.04. The maximum atomic E-state index is 12.1. The lowest BCUT2D eigenvalue weighted by atomic mass is 10.1. The van der Waals surface area contributed by atoms with Crippen LogP contribution in [0.2, 0.25) is 0 Å². The molecule has 19 heavy (non-hydrogen) atoms. The van der Waals surface area contributed by atoms with Gasteiger partial charge in [0.1, 0.15) is 6.54 Å². The van der Waals surface area contributed by atoms with Gasteiger partial charge in [0, 0.05) is 12.5 Å². The van der Waals surface area contributed by atoms with Gasteiger partial charge in [0.05, 0.1) is 7.11 Å². The minimum absolute atomic E-state index is 0.0117. The fraction of sp³-hybridized carbons (Fsp3) is 0.467. The number of rotatable bonds is 6. The number of amides is 1. The molecule has 0 spiro atoms. The molecule has 1 aromatic carbocycles. The van der Waals surface area contributed by atoms with Crippen LogP contribution in [0.3, 0.4) is 0 Å². The van der Waals surface area contributed by atoms with Crippen molar-refractivity contribution in [2.45, 2.75) is 32.7 Å². The second kappa shape index (κ2) is 7.56. The lowest BCUT2D eigenvalue weighted by molar-refractivity contribution is -0.148. The predicted octanol–water partition coefficient (Wildman–Crippen LogP) is 2.03. The zero-order valence-corrected chi connectivity index (χ0v) is 11.8. The minimum atomic E-state index is -0.387. The molecule has 1 aromatic rings. The Kier molecular flexibility index (Phi) is 6.06. The minimum Gasteiger partial charge on any atom is -0.468 e. The molecule has 0 aromatic heterocycles. The normalized spacial score (nSPS) is 10.3. The van der Waals surface area contributed by atoms with Crippen molar-refractivity contribution in [3.05, 3.63) is 35.9 Å². The van der Waals surface area contributed by atoms with Gasteiger partial charge in [-0.2, -0.15) is 0 Å². The molecule has 4 heteroatoms. The van der Waals surface area contributed by atoms with Crippen LogP contribution in [0.15, 0.2) is 30.3 Å². The molecule has 0 saturated heterocycles. The average Bonchev–Trinajstić information content (AvgIpc) is 2.42. The summed E-state index contributed by atoms with van der Waals surface area (Å²) in [6, 6.07) is 9.83.